The molecule has 1 saturated heterocycles. The second kappa shape index (κ2) is 8.15. The number of carbonyl (C=O) groups is 2. The van der Waals surface area contributed by atoms with Crippen molar-refractivity contribution in [2.45, 2.75) is 0 Å². The molecule has 0 aliphatic carbocycles. The average Bonchev–Trinajstić information content (AvgIpc) is 2.30. The van der Waals surface area contributed by atoms with Crippen molar-refractivity contribution in [1.82, 2.24) is 15.7 Å². The van der Waals surface area contributed by atoms with Crippen molar-refractivity contribution in [3.05, 3.63) is 0 Å². The number of hydrogen-bond donors (Lipinski definition) is 3. The van der Waals surface area contributed by atoms with Crippen LogP contribution >= 0.6 is 11.8 Å². The number of rotatable bonds is 6. The molecule has 1 rings (SSSR count). The summed E-state index contributed by atoms with van der Waals surface area (Å²) in [4.78, 5) is 27.9. The minimum atomic E-state index is -1.13. The van der Waals surface area contributed by atoms with Crippen LogP contribution in [0.4, 0.5) is 4.79 Å². The maximum Gasteiger partial charge on any atom is 0.338 e. The fourth-order valence-corrected chi connectivity index (χ4v) is 2.33. The Kier molecular flexibility index (Phi) is 6.75. The first-order chi connectivity index (χ1) is 8.18. The number of thioether (sulfide) groups is 1. The molecule has 0 spiro atoms. The molecule has 0 radical (unpaired) electrons. The first-order valence-corrected chi connectivity index (χ1v) is 6.51. The van der Waals surface area contributed by atoms with Gasteiger partial charge in [-0.15, -0.1) is 0 Å². The molecule has 0 bridgehead atoms. The van der Waals surface area contributed by atoms with Gasteiger partial charge in [-0.05, 0) is 0 Å². The zero-order valence-electron chi connectivity index (χ0n) is 9.48. The van der Waals surface area contributed by atoms with Crippen LogP contribution in [0.2, 0.25) is 0 Å². The Labute approximate surface area is 104 Å². The number of amides is 2. The summed E-state index contributed by atoms with van der Waals surface area (Å²) in [5.41, 5.74) is 2.00. The molecule has 0 aromatic heterocycles. The second-order valence-corrected chi connectivity index (χ2v) is 4.72. The van der Waals surface area contributed by atoms with Gasteiger partial charge >= 0.3 is 12.0 Å². The van der Waals surface area contributed by atoms with Gasteiger partial charge in [-0.3, -0.25) is 9.74 Å². The summed E-state index contributed by atoms with van der Waals surface area (Å²) in [7, 11) is 0. The van der Waals surface area contributed by atoms with Gasteiger partial charge in [0.1, 0.15) is 0 Å². The van der Waals surface area contributed by atoms with E-state index in [1.807, 2.05) is 17.2 Å². The van der Waals surface area contributed by atoms with Crippen molar-refractivity contribution in [3.63, 3.8) is 0 Å². The number of urea groups is 1. The van der Waals surface area contributed by atoms with Gasteiger partial charge in [0.05, 0.1) is 0 Å². The van der Waals surface area contributed by atoms with Gasteiger partial charge in [0.15, 0.2) is 6.61 Å². The number of carboxylic acid groups (broad SMARTS) is 1. The van der Waals surface area contributed by atoms with Crippen molar-refractivity contribution in [2.75, 3.05) is 44.3 Å². The van der Waals surface area contributed by atoms with Crippen LogP contribution in [0, 0.1) is 0 Å². The highest BCUT2D eigenvalue weighted by Crippen LogP contribution is 2.07. The SMILES string of the molecule is O=C(O)CONC(=O)NCCN1CCSCC1. The van der Waals surface area contributed by atoms with Gasteiger partial charge in [-0.25, -0.2) is 15.1 Å². The van der Waals surface area contributed by atoms with Crippen LogP contribution in [0.3, 0.4) is 0 Å². The number of hydrogen-bond acceptors (Lipinski definition) is 5. The topological polar surface area (TPSA) is 90.9 Å². The van der Waals surface area contributed by atoms with Crippen LogP contribution in [0.1, 0.15) is 0 Å². The van der Waals surface area contributed by atoms with E-state index in [-0.39, 0.29) is 0 Å². The number of carboxylic acids is 1. The Morgan fingerprint density at radius 1 is 1.35 bits per heavy atom. The number of aliphatic carboxylic acids is 1. The van der Waals surface area contributed by atoms with E-state index in [2.05, 4.69) is 15.1 Å². The summed E-state index contributed by atoms with van der Waals surface area (Å²) in [6.45, 7) is 2.86. The van der Waals surface area contributed by atoms with E-state index in [1.54, 1.807) is 0 Å². The van der Waals surface area contributed by atoms with Crippen LogP contribution in [-0.4, -0.2) is 66.3 Å². The molecule has 1 heterocycles. The molecule has 0 saturated carbocycles. The fraction of sp³-hybridized carbons (Fsp3) is 0.778. The minimum absolute atomic E-state index is 0.516. The van der Waals surface area contributed by atoms with Crippen LogP contribution in [0.25, 0.3) is 0 Å². The van der Waals surface area contributed by atoms with E-state index in [1.165, 1.54) is 0 Å². The summed E-state index contributed by atoms with van der Waals surface area (Å²) >= 11 is 1.94. The molecule has 0 aromatic carbocycles. The van der Waals surface area contributed by atoms with E-state index in [9.17, 15) is 9.59 Å². The summed E-state index contributed by atoms with van der Waals surface area (Å²) in [5.74, 6) is 1.14. The Morgan fingerprint density at radius 2 is 2.06 bits per heavy atom. The largest absolute Gasteiger partial charge is 0.479 e. The van der Waals surface area contributed by atoms with Gasteiger partial charge in [-0.2, -0.15) is 11.8 Å². The molecule has 1 aliphatic heterocycles. The Balaban J connectivity index is 1.97. The third-order valence-corrected chi connectivity index (χ3v) is 3.12. The molecule has 1 fully saturated rings. The summed E-state index contributed by atoms with van der Waals surface area (Å²) in [6.07, 6.45) is 0. The minimum Gasteiger partial charge on any atom is -0.479 e. The molecule has 8 heteroatoms. The normalized spacial score (nSPS) is 16.5. The highest BCUT2D eigenvalue weighted by molar-refractivity contribution is 7.99. The molecule has 0 aromatic rings. The van der Waals surface area contributed by atoms with Gasteiger partial charge < -0.3 is 10.4 Å². The fourth-order valence-electron chi connectivity index (χ4n) is 1.35. The molecular formula is C9H17N3O4S. The molecule has 98 valence electrons. The van der Waals surface area contributed by atoms with Gasteiger partial charge in [0, 0.05) is 37.7 Å². The lowest BCUT2D eigenvalue weighted by Crippen LogP contribution is -2.42. The Morgan fingerprint density at radius 3 is 2.71 bits per heavy atom. The van der Waals surface area contributed by atoms with Crippen molar-refractivity contribution in [3.8, 4) is 0 Å². The number of carbonyl (C=O) groups excluding carboxylic acids is 1. The molecular weight excluding hydrogens is 246 g/mol. The molecule has 3 N–H and O–H groups in total. The average molecular weight is 263 g/mol. The van der Waals surface area contributed by atoms with Gasteiger partial charge in [0.2, 0.25) is 0 Å². The Bertz CT molecular complexity index is 259. The van der Waals surface area contributed by atoms with E-state index < -0.39 is 18.6 Å². The molecule has 0 atom stereocenters. The van der Waals surface area contributed by atoms with E-state index >= 15 is 0 Å². The Hall–Kier alpha value is -0.990. The van der Waals surface area contributed by atoms with Crippen LogP contribution in [0.5, 0.6) is 0 Å². The molecule has 2 amide bonds. The number of hydroxylamine groups is 1. The summed E-state index contributed by atoms with van der Waals surface area (Å²) in [6, 6.07) is -0.516. The molecule has 0 unspecified atom stereocenters. The van der Waals surface area contributed by atoms with Gasteiger partial charge in [-0.1, -0.05) is 0 Å². The molecule has 7 nitrogen and oxygen atoms in total. The predicted molar refractivity (Wildman–Crippen MR) is 63.9 cm³/mol. The quantitative estimate of drug-likeness (QED) is 0.552. The van der Waals surface area contributed by atoms with Crippen molar-refractivity contribution in [2.24, 2.45) is 0 Å². The van der Waals surface area contributed by atoms with Crippen molar-refractivity contribution < 1.29 is 19.5 Å². The lowest BCUT2D eigenvalue weighted by molar-refractivity contribution is -0.144. The number of nitrogens with zero attached hydrogens (tertiary/aromatic N) is 1. The smallest absolute Gasteiger partial charge is 0.338 e. The van der Waals surface area contributed by atoms with Crippen molar-refractivity contribution in [1.29, 1.82) is 0 Å². The zero-order chi connectivity index (χ0) is 12.5. The summed E-state index contributed by atoms with van der Waals surface area (Å²) < 4.78 is 0. The molecule has 1 aliphatic rings. The first-order valence-electron chi connectivity index (χ1n) is 5.36. The van der Waals surface area contributed by atoms with E-state index in [0.717, 1.165) is 31.1 Å². The number of nitrogens with one attached hydrogen (secondary N) is 2. The second-order valence-electron chi connectivity index (χ2n) is 3.49. The predicted octanol–water partition coefficient (Wildman–Crippen LogP) is -0.649. The van der Waals surface area contributed by atoms with Crippen LogP contribution < -0.4 is 10.8 Å². The first kappa shape index (κ1) is 14.1. The highest BCUT2D eigenvalue weighted by Gasteiger charge is 2.10. The van der Waals surface area contributed by atoms with Crippen molar-refractivity contribution >= 4 is 23.8 Å². The van der Waals surface area contributed by atoms with E-state index in [4.69, 9.17) is 5.11 Å². The zero-order valence-corrected chi connectivity index (χ0v) is 10.3. The van der Waals surface area contributed by atoms with Crippen LogP contribution in [-0.2, 0) is 9.63 Å². The highest BCUT2D eigenvalue weighted by atomic mass is 32.2. The third kappa shape index (κ3) is 7.03. The maximum absolute atomic E-state index is 11.1. The van der Waals surface area contributed by atoms with Crippen LogP contribution in [0.15, 0.2) is 0 Å². The van der Waals surface area contributed by atoms with Gasteiger partial charge in [0.25, 0.3) is 0 Å². The monoisotopic (exact) mass is 263 g/mol. The standard InChI is InChI=1S/C9H17N3O4S/c13-8(14)7-16-11-9(15)10-1-2-12-3-5-17-6-4-12/h1-7H2,(H,13,14)(H2,10,11,15). The lowest BCUT2D eigenvalue weighted by Gasteiger charge is -2.25. The third-order valence-electron chi connectivity index (χ3n) is 2.18. The van der Waals surface area contributed by atoms with E-state index in [0.29, 0.717) is 6.54 Å². The molecule has 17 heavy (non-hydrogen) atoms. The maximum atomic E-state index is 11.1. The lowest BCUT2D eigenvalue weighted by atomic mass is 10.4. The summed E-state index contributed by atoms with van der Waals surface area (Å²) in [5, 5.41) is 10.9.